The molecule has 1 amide bonds. The molecule has 1 fully saturated rings. The minimum Gasteiger partial charge on any atom is -0.493 e. The molecule has 0 bridgehead atoms. The number of amides is 1. The zero-order valence-corrected chi connectivity index (χ0v) is 12.5. The summed E-state index contributed by atoms with van der Waals surface area (Å²) in [6.45, 7) is 1.13. The van der Waals surface area contributed by atoms with E-state index in [2.05, 4.69) is 15.9 Å². The third-order valence-electron chi connectivity index (χ3n) is 3.27. The average Bonchev–Trinajstić information content (AvgIpc) is 2.88. The highest BCUT2D eigenvalue weighted by Gasteiger charge is 2.30. The van der Waals surface area contributed by atoms with Gasteiger partial charge in [-0.2, -0.15) is 0 Å². The van der Waals surface area contributed by atoms with Crippen LogP contribution in [-0.4, -0.2) is 41.6 Å². The first kappa shape index (κ1) is 14.8. The van der Waals surface area contributed by atoms with E-state index in [9.17, 15) is 9.59 Å². The van der Waals surface area contributed by atoms with E-state index in [1.54, 1.807) is 4.90 Å². The third kappa shape index (κ3) is 3.96. The van der Waals surface area contributed by atoms with E-state index in [1.807, 2.05) is 24.3 Å². The normalized spacial score (nSPS) is 18.1. The molecule has 0 aromatic heterocycles. The number of carbonyl (C=O) groups is 2. The maximum Gasteiger partial charge on any atom is 0.308 e. The quantitative estimate of drug-likeness (QED) is 0.890. The fraction of sp³-hybridized carbons (Fsp3) is 0.429. The van der Waals surface area contributed by atoms with Gasteiger partial charge in [-0.1, -0.05) is 22.0 Å². The predicted molar refractivity (Wildman–Crippen MR) is 76.6 cm³/mol. The number of hydrogen-bond acceptors (Lipinski definition) is 3. The van der Waals surface area contributed by atoms with Crippen LogP contribution < -0.4 is 4.74 Å². The molecule has 20 heavy (non-hydrogen) atoms. The number of rotatable bonds is 5. The number of hydrogen-bond donors (Lipinski definition) is 1. The molecule has 1 aromatic rings. The molecule has 0 unspecified atom stereocenters. The fourth-order valence-electron chi connectivity index (χ4n) is 2.16. The molecule has 0 aliphatic carbocycles. The highest BCUT2D eigenvalue weighted by Crippen LogP contribution is 2.19. The zero-order valence-electron chi connectivity index (χ0n) is 10.9. The fourth-order valence-corrected chi connectivity index (χ4v) is 2.54. The summed E-state index contributed by atoms with van der Waals surface area (Å²) in [5.41, 5.74) is 0. The van der Waals surface area contributed by atoms with Crippen molar-refractivity contribution in [3.8, 4) is 5.75 Å². The van der Waals surface area contributed by atoms with Crippen molar-refractivity contribution < 1.29 is 19.4 Å². The van der Waals surface area contributed by atoms with Crippen LogP contribution in [0.1, 0.15) is 12.8 Å². The number of ether oxygens (including phenoxy) is 1. The molecule has 108 valence electrons. The Hall–Kier alpha value is -1.56. The maximum atomic E-state index is 11.9. The number of halogens is 1. The summed E-state index contributed by atoms with van der Waals surface area (Å²) in [7, 11) is 0. The van der Waals surface area contributed by atoms with Crippen LogP contribution in [0.2, 0.25) is 0 Å². The van der Waals surface area contributed by atoms with E-state index in [0.717, 1.165) is 4.47 Å². The number of benzene rings is 1. The minimum absolute atomic E-state index is 0.0521. The van der Waals surface area contributed by atoms with Gasteiger partial charge in [0.2, 0.25) is 5.91 Å². The monoisotopic (exact) mass is 341 g/mol. The minimum atomic E-state index is -0.828. The first-order valence-electron chi connectivity index (χ1n) is 6.45. The summed E-state index contributed by atoms with van der Waals surface area (Å²) in [4.78, 5) is 24.3. The molecule has 0 saturated carbocycles. The molecule has 1 aliphatic rings. The van der Waals surface area contributed by atoms with E-state index >= 15 is 0 Å². The second-order valence-corrected chi connectivity index (χ2v) is 5.64. The highest BCUT2D eigenvalue weighted by atomic mass is 79.9. The number of aliphatic carboxylic acids is 1. The molecule has 1 atom stereocenters. The van der Waals surface area contributed by atoms with Crippen LogP contribution in [0.25, 0.3) is 0 Å². The summed E-state index contributed by atoms with van der Waals surface area (Å²) >= 11 is 3.35. The number of carboxylic acid groups (broad SMARTS) is 1. The van der Waals surface area contributed by atoms with Gasteiger partial charge in [0.05, 0.1) is 18.9 Å². The summed E-state index contributed by atoms with van der Waals surface area (Å²) < 4.78 is 6.42. The van der Waals surface area contributed by atoms with Crippen molar-refractivity contribution in [1.29, 1.82) is 0 Å². The molecular weight excluding hydrogens is 326 g/mol. The third-order valence-corrected chi connectivity index (χ3v) is 3.76. The van der Waals surface area contributed by atoms with E-state index in [1.165, 1.54) is 0 Å². The highest BCUT2D eigenvalue weighted by molar-refractivity contribution is 9.10. The molecule has 6 heteroatoms. The van der Waals surface area contributed by atoms with Crippen molar-refractivity contribution >= 4 is 27.8 Å². The van der Waals surface area contributed by atoms with Crippen molar-refractivity contribution in [2.24, 2.45) is 5.92 Å². The Bertz CT molecular complexity index is 506. The van der Waals surface area contributed by atoms with Crippen LogP contribution in [-0.2, 0) is 9.59 Å². The summed E-state index contributed by atoms with van der Waals surface area (Å²) in [5.74, 6) is -0.601. The molecule has 1 saturated heterocycles. The van der Waals surface area contributed by atoms with Gasteiger partial charge in [-0.25, -0.2) is 0 Å². The second-order valence-electron chi connectivity index (χ2n) is 4.72. The summed E-state index contributed by atoms with van der Waals surface area (Å²) in [5, 5.41) is 8.90. The van der Waals surface area contributed by atoms with E-state index < -0.39 is 11.9 Å². The van der Waals surface area contributed by atoms with Gasteiger partial charge in [0.1, 0.15) is 5.75 Å². The molecular formula is C14H16BrNO4. The Morgan fingerprint density at radius 3 is 2.90 bits per heavy atom. The standard InChI is InChI=1S/C14H16BrNO4/c15-11-2-1-3-12(8-11)20-7-5-13(17)16-6-4-10(9-16)14(18)19/h1-3,8,10H,4-7,9H2,(H,18,19)/t10-/m0/s1. The van der Waals surface area contributed by atoms with Crippen LogP contribution in [0.5, 0.6) is 5.75 Å². The maximum absolute atomic E-state index is 11.9. The lowest BCUT2D eigenvalue weighted by molar-refractivity contribution is -0.141. The molecule has 1 heterocycles. The Morgan fingerprint density at radius 1 is 1.45 bits per heavy atom. The number of likely N-dealkylation sites (tertiary alicyclic amines) is 1. The first-order valence-corrected chi connectivity index (χ1v) is 7.24. The van der Waals surface area contributed by atoms with Gasteiger partial charge < -0.3 is 14.7 Å². The van der Waals surface area contributed by atoms with E-state index in [4.69, 9.17) is 9.84 Å². The van der Waals surface area contributed by atoms with Crippen molar-refractivity contribution in [3.05, 3.63) is 28.7 Å². The molecule has 0 radical (unpaired) electrons. The number of carboxylic acids is 1. The van der Waals surface area contributed by atoms with E-state index in [0.29, 0.717) is 31.9 Å². The Labute approximate surface area is 125 Å². The Morgan fingerprint density at radius 2 is 2.25 bits per heavy atom. The number of carbonyl (C=O) groups excluding carboxylic acids is 1. The van der Waals surface area contributed by atoms with Crippen LogP contribution >= 0.6 is 15.9 Å². The molecule has 0 spiro atoms. The van der Waals surface area contributed by atoms with Crippen LogP contribution in [0, 0.1) is 5.92 Å². The van der Waals surface area contributed by atoms with Crippen molar-refractivity contribution in [3.63, 3.8) is 0 Å². The number of nitrogens with zero attached hydrogens (tertiary/aromatic N) is 1. The van der Waals surface area contributed by atoms with Crippen LogP contribution in [0.4, 0.5) is 0 Å². The van der Waals surface area contributed by atoms with Gasteiger partial charge in [0.25, 0.3) is 0 Å². The molecule has 2 rings (SSSR count). The van der Waals surface area contributed by atoms with Crippen molar-refractivity contribution in [2.45, 2.75) is 12.8 Å². The first-order chi connectivity index (χ1) is 9.56. The van der Waals surface area contributed by atoms with Crippen LogP contribution in [0.3, 0.4) is 0 Å². The lowest BCUT2D eigenvalue weighted by atomic mass is 10.1. The molecule has 1 aromatic carbocycles. The topological polar surface area (TPSA) is 66.8 Å². The van der Waals surface area contributed by atoms with Gasteiger partial charge in [-0.15, -0.1) is 0 Å². The smallest absolute Gasteiger partial charge is 0.308 e. The molecule has 5 nitrogen and oxygen atoms in total. The van der Waals surface area contributed by atoms with E-state index in [-0.39, 0.29) is 12.3 Å². The Kier molecular flexibility index (Phi) is 5.00. The lowest BCUT2D eigenvalue weighted by Gasteiger charge is -2.16. The molecule has 1 N–H and O–H groups in total. The lowest BCUT2D eigenvalue weighted by Crippen LogP contribution is -2.30. The Balaban J connectivity index is 1.75. The SMILES string of the molecule is O=C(O)[C@H]1CCN(C(=O)CCOc2cccc(Br)c2)C1. The van der Waals surface area contributed by atoms with Gasteiger partial charge in [0, 0.05) is 17.6 Å². The summed E-state index contributed by atoms with van der Waals surface area (Å²) in [6.07, 6.45) is 0.798. The average molecular weight is 342 g/mol. The zero-order chi connectivity index (χ0) is 14.5. The predicted octanol–water partition coefficient (Wildman–Crippen LogP) is 2.15. The van der Waals surface area contributed by atoms with Crippen molar-refractivity contribution in [1.82, 2.24) is 4.90 Å². The largest absolute Gasteiger partial charge is 0.493 e. The van der Waals surface area contributed by atoms with Gasteiger partial charge >= 0.3 is 5.97 Å². The van der Waals surface area contributed by atoms with Crippen molar-refractivity contribution in [2.75, 3.05) is 19.7 Å². The summed E-state index contributed by atoms with van der Waals surface area (Å²) in [6, 6.07) is 7.42. The van der Waals surface area contributed by atoms with Gasteiger partial charge in [-0.05, 0) is 24.6 Å². The molecule has 1 aliphatic heterocycles. The van der Waals surface area contributed by atoms with Crippen LogP contribution in [0.15, 0.2) is 28.7 Å². The second kappa shape index (κ2) is 6.74. The van der Waals surface area contributed by atoms with Gasteiger partial charge in [-0.3, -0.25) is 9.59 Å². The van der Waals surface area contributed by atoms with Gasteiger partial charge in [0.15, 0.2) is 0 Å².